The first-order valence-electron chi connectivity index (χ1n) is 7.72. The molecule has 1 aliphatic carbocycles. The average molecular weight is 370 g/mol. The number of alkyl halides is 1. The molecule has 2 aromatic rings. The molecule has 1 aromatic carbocycles. The highest BCUT2D eigenvalue weighted by molar-refractivity contribution is 9.10. The van der Waals surface area contributed by atoms with E-state index in [9.17, 15) is 0 Å². The van der Waals surface area contributed by atoms with Crippen molar-refractivity contribution in [3.05, 3.63) is 28.5 Å². The summed E-state index contributed by atoms with van der Waals surface area (Å²) in [7, 11) is 0. The Kier molecular flexibility index (Phi) is 4.33. The SMILES string of the molecule is CC1(C)CCCC(n2c(CCCl)nc3cc(Br)ccc32)C1. The van der Waals surface area contributed by atoms with Gasteiger partial charge < -0.3 is 4.57 Å². The van der Waals surface area contributed by atoms with Crippen molar-refractivity contribution < 1.29 is 0 Å². The summed E-state index contributed by atoms with van der Waals surface area (Å²) in [5.74, 6) is 1.77. The summed E-state index contributed by atoms with van der Waals surface area (Å²) < 4.78 is 3.55. The minimum Gasteiger partial charge on any atom is -0.325 e. The van der Waals surface area contributed by atoms with Crippen LogP contribution in [0, 0.1) is 5.41 Å². The molecule has 1 heterocycles. The fraction of sp³-hybridized carbons (Fsp3) is 0.588. The van der Waals surface area contributed by atoms with E-state index in [1.165, 1.54) is 31.2 Å². The number of nitrogens with zero attached hydrogens (tertiary/aromatic N) is 2. The smallest absolute Gasteiger partial charge is 0.111 e. The van der Waals surface area contributed by atoms with Gasteiger partial charge in [-0.05, 0) is 42.9 Å². The van der Waals surface area contributed by atoms with Crippen LogP contribution in [-0.2, 0) is 6.42 Å². The number of halogens is 2. The second kappa shape index (κ2) is 5.92. The highest BCUT2D eigenvalue weighted by Crippen LogP contribution is 2.42. The van der Waals surface area contributed by atoms with Gasteiger partial charge in [0.25, 0.3) is 0 Å². The van der Waals surface area contributed by atoms with Crippen LogP contribution < -0.4 is 0 Å². The van der Waals surface area contributed by atoms with E-state index in [4.69, 9.17) is 16.6 Å². The Labute approximate surface area is 140 Å². The third kappa shape index (κ3) is 3.14. The largest absolute Gasteiger partial charge is 0.325 e. The van der Waals surface area contributed by atoms with Crippen molar-refractivity contribution >= 4 is 38.6 Å². The maximum atomic E-state index is 6.00. The van der Waals surface area contributed by atoms with Crippen LogP contribution in [0.4, 0.5) is 0 Å². The van der Waals surface area contributed by atoms with Crippen molar-refractivity contribution in [2.45, 2.75) is 52.0 Å². The van der Waals surface area contributed by atoms with Crippen LogP contribution >= 0.6 is 27.5 Å². The molecule has 0 aliphatic heterocycles. The summed E-state index contributed by atoms with van der Waals surface area (Å²) in [6.07, 6.45) is 5.94. The van der Waals surface area contributed by atoms with Crippen LogP contribution in [0.15, 0.2) is 22.7 Å². The summed E-state index contributed by atoms with van der Waals surface area (Å²) in [5, 5.41) is 0. The lowest BCUT2D eigenvalue weighted by atomic mass is 9.75. The van der Waals surface area contributed by atoms with Crippen molar-refractivity contribution in [1.82, 2.24) is 9.55 Å². The number of hydrogen-bond acceptors (Lipinski definition) is 1. The molecule has 1 aliphatic rings. The highest BCUT2D eigenvalue weighted by atomic mass is 79.9. The molecule has 0 radical (unpaired) electrons. The Bertz CT molecular complexity index is 648. The van der Waals surface area contributed by atoms with Crippen LogP contribution in [0.1, 0.15) is 51.4 Å². The molecule has 2 nitrogen and oxygen atoms in total. The van der Waals surface area contributed by atoms with Crippen LogP contribution in [0.25, 0.3) is 11.0 Å². The van der Waals surface area contributed by atoms with Gasteiger partial charge >= 0.3 is 0 Å². The van der Waals surface area contributed by atoms with E-state index in [1.807, 2.05) is 0 Å². The number of imidazole rings is 1. The first kappa shape index (κ1) is 15.4. The summed E-state index contributed by atoms with van der Waals surface area (Å²) in [4.78, 5) is 4.83. The van der Waals surface area contributed by atoms with Crippen molar-refractivity contribution in [2.75, 3.05) is 5.88 Å². The summed E-state index contributed by atoms with van der Waals surface area (Å²) in [5.41, 5.74) is 2.75. The summed E-state index contributed by atoms with van der Waals surface area (Å²) in [6.45, 7) is 4.77. The second-order valence-corrected chi connectivity index (χ2v) is 8.18. The quantitative estimate of drug-likeness (QED) is 0.632. The van der Waals surface area contributed by atoms with E-state index in [0.717, 1.165) is 22.2 Å². The summed E-state index contributed by atoms with van der Waals surface area (Å²) in [6, 6.07) is 6.96. The normalized spacial score (nSPS) is 21.8. The lowest BCUT2D eigenvalue weighted by molar-refractivity contribution is 0.184. The third-order valence-electron chi connectivity index (χ3n) is 4.59. The molecule has 1 aromatic heterocycles. The number of benzene rings is 1. The zero-order chi connectivity index (χ0) is 15.0. The molecular weight excluding hydrogens is 348 g/mol. The molecule has 0 amide bonds. The molecule has 4 heteroatoms. The molecule has 0 N–H and O–H groups in total. The molecule has 1 atom stereocenters. The number of aromatic nitrogens is 2. The summed E-state index contributed by atoms with van der Waals surface area (Å²) >= 11 is 9.54. The molecule has 0 bridgehead atoms. The molecule has 1 saturated carbocycles. The van der Waals surface area contributed by atoms with Crippen LogP contribution in [0.3, 0.4) is 0 Å². The van der Waals surface area contributed by atoms with Gasteiger partial charge in [-0.25, -0.2) is 4.98 Å². The zero-order valence-electron chi connectivity index (χ0n) is 12.7. The van der Waals surface area contributed by atoms with E-state index >= 15 is 0 Å². The fourth-order valence-corrected chi connectivity index (χ4v) is 4.19. The van der Waals surface area contributed by atoms with E-state index in [0.29, 0.717) is 17.3 Å². The molecule has 1 fully saturated rings. The van der Waals surface area contributed by atoms with E-state index in [2.05, 4.69) is 52.5 Å². The van der Waals surface area contributed by atoms with Gasteiger partial charge in [-0.1, -0.05) is 36.2 Å². The molecule has 0 saturated heterocycles. The van der Waals surface area contributed by atoms with E-state index in [1.54, 1.807) is 0 Å². The van der Waals surface area contributed by atoms with Crippen molar-refractivity contribution in [3.8, 4) is 0 Å². The van der Waals surface area contributed by atoms with Crippen molar-refractivity contribution in [1.29, 1.82) is 0 Å². The number of fused-ring (bicyclic) bond motifs is 1. The number of aryl methyl sites for hydroxylation is 1. The van der Waals surface area contributed by atoms with Gasteiger partial charge in [-0.15, -0.1) is 11.6 Å². The van der Waals surface area contributed by atoms with Crippen LogP contribution in [0.2, 0.25) is 0 Å². The van der Waals surface area contributed by atoms with Crippen molar-refractivity contribution in [3.63, 3.8) is 0 Å². The van der Waals surface area contributed by atoms with Gasteiger partial charge in [-0.3, -0.25) is 0 Å². The monoisotopic (exact) mass is 368 g/mol. The molecule has 0 spiro atoms. The topological polar surface area (TPSA) is 17.8 Å². The number of rotatable bonds is 3. The van der Waals surface area contributed by atoms with Gasteiger partial charge in [0.15, 0.2) is 0 Å². The molecule has 1 unspecified atom stereocenters. The predicted molar refractivity (Wildman–Crippen MR) is 93.1 cm³/mol. The molecular formula is C17H22BrClN2. The maximum absolute atomic E-state index is 6.00. The second-order valence-electron chi connectivity index (χ2n) is 6.88. The zero-order valence-corrected chi connectivity index (χ0v) is 15.0. The Hall–Kier alpha value is -0.540. The lowest BCUT2D eigenvalue weighted by Crippen LogP contribution is -2.26. The van der Waals surface area contributed by atoms with Gasteiger partial charge in [0.2, 0.25) is 0 Å². The fourth-order valence-electron chi connectivity index (χ4n) is 3.67. The predicted octanol–water partition coefficient (Wildman–Crippen LogP) is 5.72. The van der Waals surface area contributed by atoms with Gasteiger partial charge in [0.1, 0.15) is 5.82 Å². The first-order valence-corrected chi connectivity index (χ1v) is 9.05. The standard InChI is InChI=1S/C17H22BrClN2/c1-17(2)8-3-4-13(11-17)21-15-6-5-12(18)10-14(15)20-16(21)7-9-19/h5-6,10,13H,3-4,7-9,11H2,1-2H3. The number of hydrogen-bond donors (Lipinski definition) is 0. The third-order valence-corrected chi connectivity index (χ3v) is 5.27. The van der Waals surface area contributed by atoms with E-state index < -0.39 is 0 Å². The maximum Gasteiger partial charge on any atom is 0.111 e. The van der Waals surface area contributed by atoms with Crippen LogP contribution in [0.5, 0.6) is 0 Å². The first-order chi connectivity index (χ1) is 10.00. The Morgan fingerprint density at radius 1 is 1.43 bits per heavy atom. The Morgan fingerprint density at radius 2 is 2.24 bits per heavy atom. The molecule has 3 rings (SSSR count). The molecule has 21 heavy (non-hydrogen) atoms. The Balaban J connectivity index is 2.08. The van der Waals surface area contributed by atoms with Gasteiger partial charge in [0, 0.05) is 22.8 Å². The van der Waals surface area contributed by atoms with Gasteiger partial charge in [-0.2, -0.15) is 0 Å². The van der Waals surface area contributed by atoms with Crippen molar-refractivity contribution in [2.24, 2.45) is 5.41 Å². The van der Waals surface area contributed by atoms with Gasteiger partial charge in [0.05, 0.1) is 11.0 Å². The van der Waals surface area contributed by atoms with Crippen LogP contribution in [-0.4, -0.2) is 15.4 Å². The molecule has 114 valence electrons. The van der Waals surface area contributed by atoms with E-state index in [-0.39, 0.29) is 0 Å². The minimum atomic E-state index is 0.424. The highest BCUT2D eigenvalue weighted by Gasteiger charge is 2.30. The lowest BCUT2D eigenvalue weighted by Gasteiger charge is -2.36. The minimum absolute atomic E-state index is 0.424. The Morgan fingerprint density at radius 3 is 2.95 bits per heavy atom. The average Bonchev–Trinajstić information content (AvgIpc) is 2.75.